The lowest BCUT2D eigenvalue weighted by molar-refractivity contribution is -0.131. The van der Waals surface area contributed by atoms with Crippen LogP contribution in [-0.2, 0) is 9.59 Å². The van der Waals surface area contributed by atoms with Crippen molar-refractivity contribution in [2.75, 3.05) is 18.1 Å². The molecule has 1 aromatic rings. The lowest BCUT2D eigenvalue weighted by Gasteiger charge is -2.14. The molecule has 0 spiro atoms. The number of nitrogens with one attached hydrogen (secondary N) is 2. The SMILES string of the molecule is CSc1ccc(NC(=O)CN2C(=O)NC(C(C)C)C2=O)cc1. The van der Waals surface area contributed by atoms with Crippen molar-refractivity contribution in [2.45, 2.75) is 24.8 Å². The number of hydrogen-bond donors (Lipinski definition) is 2. The van der Waals surface area contributed by atoms with E-state index in [9.17, 15) is 14.4 Å². The predicted octanol–water partition coefficient (Wildman–Crippen LogP) is 1.92. The third-order valence-corrected chi connectivity index (χ3v) is 4.14. The molecular formula is C15H19N3O3S. The molecule has 1 aliphatic heterocycles. The summed E-state index contributed by atoms with van der Waals surface area (Å²) >= 11 is 1.61. The van der Waals surface area contributed by atoms with Gasteiger partial charge in [-0.3, -0.25) is 14.5 Å². The summed E-state index contributed by atoms with van der Waals surface area (Å²) < 4.78 is 0. The topological polar surface area (TPSA) is 78.5 Å². The third kappa shape index (κ3) is 3.59. The van der Waals surface area contributed by atoms with Crippen molar-refractivity contribution in [3.8, 4) is 0 Å². The number of benzene rings is 1. The first kappa shape index (κ1) is 16.4. The molecule has 1 unspecified atom stereocenters. The predicted molar refractivity (Wildman–Crippen MR) is 85.7 cm³/mol. The van der Waals surface area contributed by atoms with E-state index in [1.807, 2.05) is 32.2 Å². The van der Waals surface area contributed by atoms with Gasteiger partial charge in [0.15, 0.2) is 0 Å². The Kier molecular flexibility index (Phi) is 5.07. The van der Waals surface area contributed by atoms with Crippen LogP contribution >= 0.6 is 11.8 Å². The van der Waals surface area contributed by atoms with Gasteiger partial charge in [-0.2, -0.15) is 0 Å². The molecule has 6 nitrogen and oxygen atoms in total. The van der Waals surface area contributed by atoms with Crippen LogP contribution in [0, 0.1) is 5.92 Å². The van der Waals surface area contributed by atoms with Crippen LogP contribution in [0.2, 0.25) is 0 Å². The maximum Gasteiger partial charge on any atom is 0.325 e. The molecule has 118 valence electrons. The number of imide groups is 1. The second-order valence-electron chi connectivity index (χ2n) is 5.37. The molecule has 0 saturated carbocycles. The van der Waals surface area contributed by atoms with Gasteiger partial charge in [0.1, 0.15) is 12.6 Å². The molecule has 1 saturated heterocycles. The zero-order chi connectivity index (χ0) is 16.3. The Bertz CT molecular complexity index is 586. The molecule has 1 heterocycles. The van der Waals surface area contributed by atoms with Gasteiger partial charge in [0.25, 0.3) is 5.91 Å². The first-order valence-electron chi connectivity index (χ1n) is 6.98. The normalized spacial score (nSPS) is 17.8. The molecule has 1 aromatic carbocycles. The van der Waals surface area contributed by atoms with Crippen molar-refractivity contribution < 1.29 is 14.4 Å². The summed E-state index contributed by atoms with van der Waals surface area (Å²) in [5, 5.41) is 5.28. The lowest BCUT2D eigenvalue weighted by Crippen LogP contribution is -2.39. The standard InChI is InChI=1S/C15H19N3O3S/c1-9(2)13-14(20)18(15(21)17-13)8-12(19)16-10-4-6-11(22-3)7-5-10/h4-7,9,13H,8H2,1-3H3,(H,16,19)(H,17,21). The van der Waals surface area contributed by atoms with E-state index in [-0.39, 0.29) is 18.4 Å². The van der Waals surface area contributed by atoms with Gasteiger partial charge in [-0.05, 0) is 36.4 Å². The molecular weight excluding hydrogens is 302 g/mol. The van der Waals surface area contributed by atoms with Crippen molar-refractivity contribution in [3.63, 3.8) is 0 Å². The molecule has 22 heavy (non-hydrogen) atoms. The highest BCUT2D eigenvalue weighted by Crippen LogP contribution is 2.18. The molecule has 2 rings (SSSR count). The van der Waals surface area contributed by atoms with Gasteiger partial charge >= 0.3 is 6.03 Å². The van der Waals surface area contributed by atoms with E-state index in [4.69, 9.17) is 0 Å². The van der Waals surface area contributed by atoms with E-state index in [0.717, 1.165) is 9.80 Å². The minimum atomic E-state index is -0.554. The molecule has 0 aromatic heterocycles. The van der Waals surface area contributed by atoms with Crippen molar-refractivity contribution in [1.29, 1.82) is 0 Å². The fourth-order valence-corrected chi connectivity index (χ4v) is 2.57. The van der Waals surface area contributed by atoms with Gasteiger partial charge < -0.3 is 10.6 Å². The number of nitrogens with zero attached hydrogens (tertiary/aromatic N) is 1. The van der Waals surface area contributed by atoms with Gasteiger partial charge in [0, 0.05) is 10.6 Å². The maximum absolute atomic E-state index is 12.1. The van der Waals surface area contributed by atoms with E-state index < -0.39 is 18.0 Å². The van der Waals surface area contributed by atoms with Gasteiger partial charge in [0.05, 0.1) is 0 Å². The average molecular weight is 321 g/mol. The largest absolute Gasteiger partial charge is 0.326 e. The fourth-order valence-electron chi connectivity index (χ4n) is 2.16. The van der Waals surface area contributed by atoms with Crippen molar-refractivity contribution in [2.24, 2.45) is 5.92 Å². The van der Waals surface area contributed by atoms with Crippen molar-refractivity contribution in [1.82, 2.24) is 10.2 Å². The quantitative estimate of drug-likeness (QED) is 0.641. The van der Waals surface area contributed by atoms with E-state index in [1.54, 1.807) is 23.9 Å². The first-order valence-corrected chi connectivity index (χ1v) is 8.20. The zero-order valence-electron chi connectivity index (χ0n) is 12.8. The molecule has 7 heteroatoms. The number of carbonyl (C=O) groups excluding carboxylic acids is 3. The Morgan fingerprint density at radius 1 is 1.32 bits per heavy atom. The highest BCUT2D eigenvalue weighted by molar-refractivity contribution is 7.98. The second kappa shape index (κ2) is 6.83. The van der Waals surface area contributed by atoms with Crippen LogP contribution in [0.1, 0.15) is 13.8 Å². The summed E-state index contributed by atoms with van der Waals surface area (Å²) in [6.45, 7) is 3.41. The van der Waals surface area contributed by atoms with Crippen LogP contribution in [0.25, 0.3) is 0 Å². The number of urea groups is 1. The Labute approximate surface area is 133 Å². The van der Waals surface area contributed by atoms with E-state index in [1.165, 1.54) is 0 Å². The van der Waals surface area contributed by atoms with Gasteiger partial charge in [-0.1, -0.05) is 13.8 Å². The number of thioether (sulfide) groups is 1. The van der Waals surface area contributed by atoms with Crippen LogP contribution in [0.3, 0.4) is 0 Å². The minimum Gasteiger partial charge on any atom is -0.326 e. The van der Waals surface area contributed by atoms with Gasteiger partial charge in [-0.25, -0.2) is 4.79 Å². The van der Waals surface area contributed by atoms with Crippen LogP contribution < -0.4 is 10.6 Å². The second-order valence-corrected chi connectivity index (χ2v) is 6.25. The molecule has 0 aliphatic carbocycles. The number of rotatable bonds is 5. The highest BCUT2D eigenvalue weighted by Gasteiger charge is 2.40. The van der Waals surface area contributed by atoms with Crippen molar-refractivity contribution >= 4 is 35.3 Å². The summed E-state index contributed by atoms with van der Waals surface area (Å²) in [4.78, 5) is 37.9. The summed E-state index contributed by atoms with van der Waals surface area (Å²) in [7, 11) is 0. The van der Waals surface area contributed by atoms with Gasteiger partial charge in [0.2, 0.25) is 5.91 Å². The first-order chi connectivity index (χ1) is 10.4. The van der Waals surface area contributed by atoms with Crippen LogP contribution in [0.5, 0.6) is 0 Å². The molecule has 0 radical (unpaired) electrons. The fraction of sp³-hybridized carbons (Fsp3) is 0.400. The molecule has 4 amide bonds. The minimum absolute atomic E-state index is 0.0106. The Balaban J connectivity index is 1.96. The summed E-state index contributed by atoms with van der Waals surface area (Å²) in [6, 6.07) is 6.28. The number of amides is 4. The summed E-state index contributed by atoms with van der Waals surface area (Å²) in [6.07, 6.45) is 1.97. The monoisotopic (exact) mass is 321 g/mol. The number of carbonyl (C=O) groups is 3. The third-order valence-electron chi connectivity index (χ3n) is 3.40. The molecule has 1 aliphatic rings. The number of hydrogen-bond acceptors (Lipinski definition) is 4. The molecule has 1 atom stereocenters. The van der Waals surface area contributed by atoms with Gasteiger partial charge in [-0.15, -0.1) is 11.8 Å². The maximum atomic E-state index is 12.1. The van der Waals surface area contributed by atoms with Crippen molar-refractivity contribution in [3.05, 3.63) is 24.3 Å². The smallest absolute Gasteiger partial charge is 0.325 e. The highest BCUT2D eigenvalue weighted by atomic mass is 32.2. The zero-order valence-corrected chi connectivity index (χ0v) is 13.6. The average Bonchev–Trinajstić information content (AvgIpc) is 2.76. The summed E-state index contributed by atoms with van der Waals surface area (Å²) in [5.74, 6) is -0.763. The van der Waals surface area contributed by atoms with E-state index in [2.05, 4.69) is 10.6 Å². The van der Waals surface area contributed by atoms with Crippen LogP contribution in [0.4, 0.5) is 10.5 Å². The Hall–Kier alpha value is -2.02. The molecule has 1 fully saturated rings. The van der Waals surface area contributed by atoms with Crippen LogP contribution in [0.15, 0.2) is 29.2 Å². The van der Waals surface area contributed by atoms with E-state index >= 15 is 0 Å². The van der Waals surface area contributed by atoms with Crippen LogP contribution in [-0.4, -0.2) is 41.6 Å². The Morgan fingerprint density at radius 2 is 1.95 bits per heavy atom. The lowest BCUT2D eigenvalue weighted by atomic mass is 10.1. The summed E-state index contributed by atoms with van der Waals surface area (Å²) in [5.41, 5.74) is 0.635. The molecule has 0 bridgehead atoms. The van der Waals surface area contributed by atoms with E-state index in [0.29, 0.717) is 5.69 Å². The Morgan fingerprint density at radius 3 is 2.45 bits per heavy atom. The molecule has 2 N–H and O–H groups in total. The number of anilines is 1.